The zero-order valence-electron chi connectivity index (χ0n) is 9.28. The fourth-order valence-electron chi connectivity index (χ4n) is 1.39. The van der Waals surface area contributed by atoms with Gasteiger partial charge in [0.2, 0.25) is 0 Å². The zero-order valence-corrected chi connectivity index (χ0v) is 10.0. The normalized spacial score (nSPS) is 11.4. The van der Waals surface area contributed by atoms with Gasteiger partial charge in [-0.25, -0.2) is 4.39 Å². The average Bonchev–Trinajstić information content (AvgIpc) is 2.23. The van der Waals surface area contributed by atoms with Crippen molar-refractivity contribution in [2.24, 2.45) is 0 Å². The van der Waals surface area contributed by atoms with E-state index < -0.39 is 40.5 Å². The molecule has 0 radical (unpaired) electrons. The summed E-state index contributed by atoms with van der Waals surface area (Å²) in [7, 11) is 0. The number of carbonyl (C=O) groups excluding carboxylic acids is 1. The first-order valence-corrected chi connectivity index (χ1v) is 5.34. The summed E-state index contributed by atoms with van der Waals surface area (Å²) in [6.45, 7) is 1.53. The van der Waals surface area contributed by atoms with Crippen molar-refractivity contribution in [2.45, 2.75) is 19.5 Å². The van der Waals surface area contributed by atoms with Crippen LogP contribution in [0.1, 0.15) is 18.1 Å². The van der Waals surface area contributed by atoms with Crippen molar-refractivity contribution in [1.82, 2.24) is 0 Å². The van der Waals surface area contributed by atoms with E-state index in [1.54, 1.807) is 0 Å². The Morgan fingerprint density at radius 1 is 1.39 bits per heavy atom. The minimum atomic E-state index is -4.71. The first-order chi connectivity index (χ1) is 8.27. The summed E-state index contributed by atoms with van der Waals surface area (Å²) in [5.74, 6) is -1.90. The van der Waals surface area contributed by atoms with Gasteiger partial charge in [0.25, 0.3) is 0 Å². The van der Waals surface area contributed by atoms with Gasteiger partial charge in [0.15, 0.2) is 0 Å². The molecular weight excluding hydrogens is 276 g/mol. The van der Waals surface area contributed by atoms with Crippen LogP contribution in [0.25, 0.3) is 0 Å². The molecule has 0 fully saturated rings. The Bertz CT molecular complexity index is 457. The number of rotatable bonds is 3. The monoisotopic (exact) mass is 284 g/mol. The third-order valence-electron chi connectivity index (χ3n) is 2.13. The Morgan fingerprint density at radius 2 is 2.00 bits per heavy atom. The molecule has 0 heterocycles. The largest absolute Gasteiger partial charge is 0.466 e. The third-order valence-corrected chi connectivity index (χ3v) is 2.54. The van der Waals surface area contributed by atoms with Crippen LogP contribution in [0.3, 0.4) is 0 Å². The van der Waals surface area contributed by atoms with Crippen LogP contribution in [-0.4, -0.2) is 12.6 Å². The summed E-state index contributed by atoms with van der Waals surface area (Å²) in [6, 6.07) is 1.16. The molecule has 0 unspecified atom stereocenters. The van der Waals surface area contributed by atoms with Gasteiger partial charge in [0.1, 0.15) is 5.82 Å². The number of hydrogen-bond donors (Lipinski definition) is 0. The molecule has 0 aliphatic carbocycles. The van der Waals surface area contributed by atoms with Gasteiger partial charge in [-0.05, 0) is 24.6 Å². The zero-order chi connectivity index (χ0) is 13.9. The second kappa shape index (κ2) is 5.56. The van der Waals surface area contributed by atoms with E-state index >= 15 is 0 Å². The number of alkyl halides is 3. The van der Waals surface area contributed by atoms with Crippen molar-refractivity contribution in [2.75, 3.05) is 6.61 Å². The predicted octanol–water partition coefficient (Wildman–Crippen LogP) is 3.60. The Hall–Kier alpha value is -1.30. The molecule has 100 valence electrons. The van der Waals surface area contributed by atoms with E-state index in [9.17, 15) is 22.4 Å². The van der Waals surface area contributed by atoms with E-state index in [0.717, 1.165) is 0 Å². The highest BCUT2D eigenvalue weighted by atomic mass is 35.5. The molecule has 0 atom stereocenters. The number of ether oxygens (including phenoxy) is 1. The molecule has 0 saturated carbocycles. The molecule has 2 nitrogen and oxygen atoms in total. The minimum Gasteiger partial charge on any atom is -0.466 e. The van der Waals surface area contributed by atoms with Crippen LogP contribution in [0.15, 0.2) is 12.1 Å². The quantitative estimate of drug-likeness (QED) is 0.626. The summed E-state index contributed by atoms with van der Waals surface area (Å²) in [5.41, 5.74) is -1.75. The molecule has 0 N–H and O–H groups in total. The molecule has 1 aromatic rings. The van der Waals surface area contributed by atoms with E-state index in [4.69, 9.17) is 11.6 Å². The summed E-state index contributed by atoms with van der Waals surface area (Å²) in [6.07, 6.45) is -5.43. The van der Waals surface area contributed by atoms with Crippen molar-refractivity contribution in [3.8, 4) is 0 Å². The van der Waals surface area contributed by atoms with Crippen molar-refractivity contribution in [1.29, 1.82) is 0 Å². The lowest BCUT2D eigenvalue weighted by molar-refractivity contribution is -0.143. The summed E-state index contributed by atoms with van der Waals surface area (Å²) in [5, 5.41) is -0.710. The lowest BCUT2D eigenvalue weighted by Gasteiger charge is -2.14. The molecule has 1 rings (SSSR count). The molecule has 1 aromatic carbocycles. The van der Waals surface area contributed by atoms with E-state index in [2.05, 4.69) is 4.74 Å². The van der Waals surface area contributed by atoms with Crippen LogP contribution in [0.2, 0.25) is 5.02 Å². The van der Waals surface area contributed by atoms with Crippen LogP contribution >= 0.6 is 11.6 Å². The predicted molar refractivity (Wildman–Crippen MR) is 56.7 cm³/mol. The second-order valence-corrected chi connectivity index (χ2v) is 3.75. The van der Waals surface area contributed by atoms with Gasteiger partial charge in [0.05, 0.1) is 23.6 Å². The van der Waals surface area contributed by atoms with Crippen LogP contribution < -0.4 is 0 Å². The van der Waals surface area contributed by atoms with Crippen LogP contribution in [0, 0.1) is 5.82 Å². The molecule has 0 amide bonds. The van der Waals surface area contributed by atoms with Crippen molar-refractivity contribution in [3.63, 3.8) is 0 Å². The first kappa shape index (κ1) is 14.8. The van der Waals surface area contributed by atoms with Crippen molar-refractivity contribution >= 4 is 17.6 Å². The highest BCUT2D eigenvalue weighted by molar-refractivity contribution is 6.31. The minimum absolute atomic E-state index is 0.0210. The maximum atomic E-state index is 13.1. The topological polar surface area (TPSA) is 26.3 Å². The number of carbonyl (C=O) groups is 1. The summed E-state index contributed by atoms with van der Waals surface area (Å²) >= 11 is 5.47. The lowest BCUT2D eigenvalue weighted by Crippen LogP contribution is -2.15. The molecule has 0 spiro atoms. The number of halogens is 5. The van der Waals surface area contributed by atoms with Crippen molar-refractivity contribution in [3.05, 3.63) is 34.1 Å². The number of benzene rings is 1. The van der Waals surface area contributed by atoms with Gasteiger partial charge in [-0.1, -0.05) is 11.6 Å². The van der Waals surface area contributed by atoms with Gasteiger partial charge < -0.3 is 4.74 Å². The summed E-state index contributed by atoms with van der Waals surface area (Å²) < 4.78 is 55.6. The Kier molecular flexibility index (Phi) is 4.56. The van der Waals surface area contributed by atoms with Gasteiger partial charge >= 0.3 is 12.1 Å². The van der Waals surface area contributed by atoms with E-state index in [0.29, 0.717) is 12.1 Å². The molecule has 18 heavy (non-hydrogen) atoms. The molecule has 0 bridgehead atoms. The maximum Gasteiger partial charge on any atom is 0.416 e. The average molecular weight is 285 g/mol. The van der Waals surface area contributed by atoms with E-state index in [1.807, 2.05) is 0 Å². The Labute approximate surface area is 105 Å². The van der Waals surface area contributed by atoms with Crippen LogP contribution in [-0.2, 0) is 22.1 Å². The molecule has 0 aliphatic heterocycles. The highest BCUT2D eigenvalue weighted by Gasteiger charge is 2.35. The maximum absolute atomic E-state index is 13.1. The Morgan fingerprint density at radius 3 is 2.50 bits per heavy atom. The smallest absolute Gasteiger partial charge is 0.416 e. The van der Waals surface area contributed by atoms with E-state index in [-0.39, 0.29) is 6.61 Å². The third kappa shape index (κ3) is 3.35. The Balaban J connectivity index is 3.21. The van der Waals surface area contributed by atoms with Gasteiger partial charge in [0, 0.05) is 0 Å². The van der Waals surface area contributed by atoms with Crippen LogP contribution in [0.4, 0.5) is 17.6 Å². The molecule has 0 aliphatic rings. The van der Waals surface area contributed by atoms with Crippen LogP contribution in [0.5, 0.6) is 0 Å². The van der Waals surface area contributed by atoms with Gasteiger partial charge in [-0.2, -0.15) is 13.2 Å². The molecule has 7 heteroatoms. The molecule has 0 saturated heterocycles. The second-order valence-electron chi connectivity index (χ2n) is 3.37. The van der Waals surface area contributed by atoms with Gasteiger partial charge in [-0.3, -0.25) is 4.79 Å². The fourth-order valence-corrected chi connectivity index (χ4v) is 1.62. The SMILES string of the molecule is CCOC(=O)Cc1c(C(F)(F)F)ccc(F)c1Cl. The lowest BCUT2D eigenvalue weighted by atomic mass is 10.0. The number of hydrogen-bond acceptors (Lipinski definition) is 2. The standard InChI is InChI=1S/C11H9ClF4O2/c1-2-18-9(17)5-6-7(11(14,15)16)3-4-8(13)10(6)12/h3-4H,2,5H2,1H3. The fraction of sp³-hybridized carbons (Fsp3) is 0.364. The highest BCUT2D eigenvalue weighted by Crippen LogP contribution is 2.36. The van der Waals surface area contributed by atoms with Gasteiger partial charge in [-0.15, -0.1) is 0 Å². The number of esters is 1. The first-order valence-electron chi connectivity index (χ1n) is 4.97. The van der Waals surface area contributed by atoms with E-state index in [1.165, 1.54) is 6.92 Å². The summed E-state index contributed by atoms with van der Waals surface area (Å²) in [4.78, 5) is 11.2. The molecule has 0 aromatic heterocycles. The molecular formula is C11H9ClF4O2. The van der Waals surface area contributed by atoms with Crippen molar-refractivity contribution < 1.29 is 27.1 Å².